The van der Waals surface area contributed by atoms with E-state index in [1.54, 1.807) is 0 Å². The van der Waals surface area contributed by atoms with Gasteiger partial charge in [-0.25, -0.2) is 0 Å². The van der Waals surface area contributed by atoms with Crippen LogP contribution in [0, 0.1) is 0 Å². The fraction of sp³-hybridized carbons (Fsp3) is 0. The minimum Gasteiger partial charge on any atom is -0.456 e. The van der Waals surface area contributed by atoms with Crippen molar-refractivity contribution in [1.29, 1.82) is 0 Å². The predicted molar refractivity (Wildman–Crippen MR) is 103 cm³/mol. The van der Waals surface area contributed by atoms with Gasteiger partial charge in [-0.15, -0.1) is 0 Å². The van der Waals surface area contributed by atoms with E-state index in [4.69, 9.17) is 4.74 Å². The molecule has 0 amide bonds. The Balaban J connectivity index is 1.89. The third kappa shape index (κ3) is 2.64. The van der Waals surface area contributed by atoms with E-state index in [1.807, 2.05) is 48.5 Å². The lowest BCUT2D eigenvalue weighted by molar-refractivity contribution is 0.494. The molecule has 1 nitrogen and oxygen atoms in total. The van der Waals surface area contributed by atoms with Gasteiger partial charge in [-0.05, 0) is 35.0 Å². The SMILES string of the molecule is Brc1ccc(Oc2ccc(Br)c3ccccc23)c2ccccc12. The number of hydrogen-bond acceptors (Lipinski definition) is 1. The summed E-state index contributed by atoms with van der Waals surface area (Å²) in [7, 11) is 0. The molecule has 4 rings (SSSR count). The van der Waals surface area contributed by atoms with Crippen LogP contribution in [0.25, 0.3) is 21.5 Å². The molecule has 0 radical (unpaired) electrons. The quantitative estimate of drug-likeness (QED) is 0.325. The second-order valence-electron chi connectivity index (χ2n) is 5.28. The highest BCUT2D eigenvalue weighted by atomic mass is 79.9. The first-order valence-electron chi connectivity index (χ1n) is 7.26. The molecule has 0 unspecified atom stereocenters. The van der Waals surface area contributed by atoms with Crippen molar-refractivity contribution < 1.29 is 4.74 Å². The molecule has 0 aliphatic rings. The largest absolute Gasteiger partial charge is 0.456 e. The van der Waals surface area contributed by atoms with Gasteiger partial charge in [0.05, 0.1) is 0 Å². The van der Waals surface area contributed by atoms with E-state index in [1.165, 1.54) is 0 Å². The summed E-state index contributed by atoms with van der Waals surface area (Å²) in [6.45, 7) is 0. The molecule has 3 heteroatoms. The Morgan fingerprint density at radius 3 is 1.30 bits per heavy atom. The molecule has 23 heavy (non-hydrogen) atoms. The number of halogens is 2. The van der Waals surface area contributed by atoms with E-state index in [9.17, 15) is 0 Å². The molecule has 0 N–H and O–H groups in total. The average molecular weight is 428 g/mol. The van der Waals surface area contributed by atoms with Crippen molar-refractivity contribution in [3.63, 3.8) is 0 Å². The number of ether oxygens (including phenoxy) is 1. The molecule has 0 saturated carbocycles. The highest BCUT2D eigenvalue weighted by Crippen LogP contribution is 2.38. The van der Waals surface area contributed by atoms with Gasteiger partial charge in [-0.1, -0.05) is 80.4 Å². The summed E-state index contributed by atoms with van der Waals surface area (Å²) in [4.78, 5) is 0. The van der Waals surface area contributed by atoms with Crippen molar-refractivity contribution in [2.75, 3.05) is 0 Å². The normalized spacial score (nSPS) is 11.0. The molecule has 0 fully saturated rings. The second kappa shape index (κ2) is 5.99. The maximum atomic E-state index is 6.27. The molecule has 0 saturated heterocycles. The average Bonchev–Trinajstić information content (AvgIpc) is 2.60. The Morgan fingerprint density at radius 1 is 0.478 bits per heavy atom. The van der Waals surface area contributed by atoms with Crippen LogP contribution in [0.5, 0.6) is 11.5 Å². The van der Waals surface area contributed by atoms with Crippen LogP contribution in [0.2, 0.25) is 0 Å². The van der Waals surface area contributed by atoms with Crippen LogP contribution in [-0.2, 0) is 0 Å². The smallest absolute Gasteiger partial charge is 0.135 e. The van der Waals surface area contributed by atoms with Crippen LogP contribution in [0.3, 0.4) is 0 Å². The lowest BCUT2D eigenvalue weighted by atomic mass is 10.1. The van der Waals surface area contributed by atoms with Gasteiger partial charge in [0.15, 0.2) is 0 Å². The van der Waals surface area contributed by atoms with Crippen molar-refractivity contribution in [3.8, 4) is 11.5 Å². The van der Waals surface area contributed by atoms with E-state index in [0.717, 1.165) is 42.0 Å². The maximum absolute atomic E-state index is 6.27. The van der Waals surface area contributed by atoms with E-state index >= 15 is 0 Å². The van der Waals surface area contributed by atoms with Gasteiger partial charge in [0.2, 0.25) is 0 Å². The molecule has 4 aromatic rings. The third-order valence-corrected chi connectivity index (χ3v) is 5.26. The molecule has 0 aliphatic heterocycles. The molecule has 0 bridgehead atoms. The van der Waals surface area contributed by atoms with Gasteiger partial charge in [-0.2, -0.15) is 0 Å². The number of benzene rings is 4. The molecule has 0 atom stereocenters. The monoisotopic (exact) mass is 426 g/mol. The van der Waals surface area contributed by atoms with Crippen molar-refractivity contribution in [1.82, 2.24) is 0 Å². The fourth-order valence-electron chi connectivity index (χ4n) is 2.77. The lowest BCUT2D eigenvalue weighted by Crippen LogP contribution is -1.88. The van der Waals surface area contributed by atoms with Gasteiger partial charge in [0.25, 0.3) is 0 Å². The van der Waals surface area contributed by atoms with E-state index in [0.29, 0.717) is 0 Å². The summed E-state index contributed by atoms with van der Waals surface area (Å²) in [5.41, 5.74) is 0. The van der Waals surface area contributed by atoms with E-state index in [2.05, 4.69) is 56.1 Å². The Morgan fingerprint density at radius 2 is 0.870 bits per heavy atom. The molecule has 0 spiro atoms. The van der Waals surface area contributed by atoms with Crippen molar-refractivity contribution in [2.45, 2.75) is 0 Å². The first-order chi connectivity index (χ1) is 11.2. The van der Waals surface area contributed by atoms with Crippen molar-refractivity contribution in [2.24, 2.45) is 0 Å². The predicted octanol–water partition coefficient (Wildman–Crippen LogP) is 7.31. The van der Waals surface area contributed by atoms with Crippen molar-refractivity contribution in [3.05, 3.63) is 81.7 Å². The lowest BCUT2D eigenvalue weighted by Gasteiger charge is -2.13. The zero-order chi connectivity index (χ0) is 15.8. The van der Waals surface area contributed by atoms with Crippen LogP contribution in [0.4, 0.5) is 0 Å². The Hall–Kier alpha value is -1.84. The van der Waals surface area contributed by atoms with E-state index in [-0.39, 0.29) is 0 Å². The molecule has 0 heterocycles. The topological polar surface area (TPSA) is 9.23 Å². The maximum Gasteiger partial charge on any atom is 0.135 e. The Labute approximate surface area is 151 Å². The van der Waals surface area contributed by atoms with Crippen LogP contribution >= 0.6 is 31.9 Å². The minimum atomic E-state index is 0.858. The first-order valence-corrected chi connectivity index (χ1v) is 8.85. The summed E-state index contributed by atoms with van der Waals surface area (Å²) in [6, 6.07) is 24.5. The zero-order valence-corrected chi connectivity index (χ0v) is 15.3. The van der Waals surface area contributed by atoms with Gasteiger partial charge < -0.3 is 4.74 Å². The number of rotatable bonds is 2. The summed E-state index contributed by atoms with van der Waals surface area (Å²) in [6.07, 6.45) is 0. The highest BCUT2D eigenvalue weighted by molar-refractivity contribution is 9.11. The van der Waals surface area contributed by atoms with Crippen LogP contribution in [-0.4, -0.2) is 0 Å². The molecular weight excluding hydrogens is 416 g/mol. The molecule has 0 aromatic heterocycles. The minimum absolute atomic E-state index is 0.858. The standard InChI is InChI=1S/C20H12Br2O/c21-17-9-11-19(15-7-3-1-5-13(15)17)23-20-12-10-18(22)14-6-2-4-8-16(14)20/h1-12H. The Bertz CT molecular complexity index is 941. The van der Waals surface area contributed by atoms with Gasteiger partial charge >= 0.3 is 0 Å². The van der Waals surface area contributed by atoms with Crippen LogP contribution in [0.15, 0.2) is 81.7 Å². The van der Waals surface area contributed by atoms with E-state index < -0.39 is 0 Å². The van der Waals surface area contributed by atoms with Crippen LogP contribution in [0.1, 0.15) is 0 Å². The van der Waals surface area contributed by atoms with Gasteiger partial charge in [-0.3, -0.25) is 0 Å². The summed E-state index contributed by atoms with van der Waals surface area (Å²) in [5.74, 6) is 1.72. The zero-order valence-electron chi connectivity index (χ0n) is 12.1. The summed E-state index contributed by atoms with van der Waals surface area (Å²) >= 11 is 7.21. The second-order valence-corrected chi connectivity index (χ2v) is 6.99. The highest BCUT2D eigenvalue weighted by Gasteiger charge is 2.09. The Kier molecular flexibility index (Phi) is 3.83. The number of fused-ring (bicyclic) bond motifs is 2. The third-order valence-electron chi connectivity index (χ3n) is 3.88. The summed E-state index contributed by atoms with van der Waals surface area (Å²) < 4.78 is 8.41. The number of hydrogen-bond donors (Lipinski definition) is 0. The molecule has 112 valence electrons. The van der Waals surface area contributed by atoms with Crippen LogP contribution < -0.4 is 4.74 Å². The van der Waals surface area contributed by atoms with Gasteiger partial charge in [0.1, 0.15) is 11.5 Å². The van der Waals surface area contributed by atoms with Crippen molar-refractivity contribution >= 4 is 53.4 Å². The first kappa shape index (κ1) is 14.7. The fourth-order valence-corrected chi connectivity index (χ4v) is 3.72. The molecule has 4 aromatic carbocycles. The molecular formula is C20H12Br2O. The van der Waals surface area contributed by atoms with Gasteiger partial charge in [0, 0.05) is 19.7 Å². The molecule has 0 aliphatic carbocycles. The summed E-state index contributed by atoms with van der Waals surface area (Å²) in [5, 5.41) is 4.47.